The molecule has 0 aliphatic carbocycles. The number of ether oxygens (including phenoxy) is 1. The van der Waals surface area contributed by atoms with Crippen LogP contribution in [0.3, 0.4) is 0 Å². The third-order valence-corrected chi connectivity index (χ3v) is 2.87. The number of hydrogen-bond acceptors (Lipinski definition) is 4. The van der Waals surface area contributed by atoms with E-state index in [9.17, 15) is 9.59 Å². The number of rotatable bonds is 9. The van der Waals surface area contributed by atoms with E-state index in [1.54, 1.807) is 29.7 Å². The Bertz CT molecular complexity index is 445. The van der Waals surface area contributed by atoms with Gasteiger partial charge in [0.15, 0.2) is 0 Å². The minimum Gasteiger partial charge on any atom is -0.494 e. The van der Waals surface area contributed by atoms with E-state index < -0.39 is 5.91 Å². The molecule has 6 nitrogen and oxygen atoms in total. The first kappa shape index (κ1) is 17.0. The number of carbonyl (C=O) groups is 2. The monoisotopic (exact) mass is 294 g/mol. The number of hydroxylamine groups is 1. The molecule has 1 aromatic rings. The first-order valence-corrected chi connectivity index (χ1v) is 7.11. The van der Waals surface area contributed by atoms with Gasteiger partial charge >= 0.3 is 0 Å². The van der Waals surface area contributed by atoms with Gasteiger partial charge in [0, 0.05) is 18.5 Å². The Hall–Kier alpha value is -2.08. The van der Waals surface area contributed by atoms with E-state index in [2.05, 4.69) is 12.2 Å². The van der Waals surface area contributed by atoms with Crippen molar-refractivity contribution < 1.29 is 19.5 Å². The lowest BCUT2D eigenvalue weighted by Crippen LogP contribution is -2.26. The lowest BCUT2D eigenvalue weighted by atomic mass is 10.2. The predicted octanol–water partition coefficient (Wildman–Crippen LogP) is 1.88. The second kappa shape index (κ2) is 9.77. The van der Waals surface area contributed by atoms with E-state index in [1.165, 1.54) is 0 Å². The van der Waals surface area contributed by atoms with E-state index in [1.807, 2.05) is 0 Å². The minimum atomic E-state index is -0.460. The predicted molar refractivity (Wildman–Crippen MR) is 78.3 cm³/mol. The van der Waals surface area contributed by atoms with Crippen LogP contribution in [0.5, 0.6) is 5.75 Å². The maximum atomic E-state index is 11.8. The molecule has 0 radical (unpaired) electrons. The summed E-state index contributed by atoms with van der Waals surface area (Å²) >= 11 is 0. The van der Waals surface area contributed by atoms with Crippen LogP contribution in [0, 0.1) is 0 Å². The average molecular weight is 294 g/mol. The number of benzene rings is 1. The molecule has 3 N–H and O–H groups in total. The summed E-state index contributed by atoms with van der Waals surface area (Å²) in [6, 6.07) is 6.95. The van der Waals surface area contributed by atoms with Gasteiger partial charge in [-0.1, -0.05) is 13.3 Å². The number of nitrogens with one attached hydrogen (secondary N) is 2. The van der Waals surface area contributed by atoms with Crippen LogP contribution in [0.2, 0.25) is 0 Å². The zero-order valence-electron chi connectivity index (χ0n) is 12.2. The smallest absolute Gasteiger partial charge is 0.251 e. The topological polar surface area (TPSA) is 87.7 Å². The first-order chi connectivity index (χ1) is 10.2. The molecule has 0 fully saturated rings. The number of carbonyl (C=O) groups excluding carboxylic acids is 2. The summed E-state index contributed by atoms with van der Waals surface area (Å²) in [5, 5.41) is 11.0. The summed E-state index contributed by atoms with van der Waals surface area (Å²) in [6.45, 7) is 3.15. The molecule has 0 bridgehead atoms. The molecule has 0 saturated carbocycles. The molecule has 6 heteroatoms. The van der Waals surface area contributed by atoms with Crippen LogP contribution >= 0.6 is 0 Å². The van der Waals surface area contributed by atoms with Gasteiger partial charge in [0.1, 0.15) is 5.75 Å². The molecule has 1 rings (SSSR count). The molecule has 0 aliphatic heterocycles. The molecule has 1 aromatic carbocycles. The molecule has 116 valence electrons. The SMILES string of the molecule is CCCCOc1ccc(C(=O)NCCCC(=O)NO)cc1. The number of unbranched alkanes of at least 4 members (excludes halogenated alkanes) is 1. The fourth-order valence-corrected chi connectivity index (χ4v) is 1.65. The number of amides is 2. The molecule has 0 atom stereocenters. The van der Waals surface area contributed by atoms with Crippen molar-refractivity contribution in [2.24, 2.45) is 0 Å². The Morgan fingerprint density at radius 1 is 1.19 bits per heavy atom. The van der Waals surface area contributed by atoms with Crippen LogP contribution in [-0.2, 0) is 4.79 Å². The van der Waals surface area contributed by atoms with Crippen molar-refractivity contribution in [1.82, 2.24) is 10.8 Å². The lowest BCUT2D eigenvalue weighted by Gasteiger charge is -2.07. The van der Waals surface area contributed by atoms with Crippen molar-refractivity contribution >= 4 is 11.8 Å². The van der Waals surface area contributed by atoms with Crippen LogP contribution < -0.4 is 15.5 Å². The normalized spacial score (nSPS) is 10.0. The maximum absolute atomic E-state index is 11.8. The van der Waals surface area contributed by atoms with E-state index in [0.29, 0.717) is 25.1 Å². The van der Waals surface area contributed by atoms with Crippen LogP contribution in [0.15, 0.2) is 24.3 Å². The molecule has 0 unspecified atom stereocenters. The van der Waals surface area contributed by atoms with Crippen molar-refractivity contribution in [1.29, 1.82) is 0 Å². The van der Waals surface area contributed by atoms with E-state index in [-0.39, 0.29) is 12.3 Å². The number of hydrogen-bond donors (Lipinski definition) is 3. The third kappa shape index (κ3) is 6.76. The van der Waals surface area contributed by atoms with Crippen LogP contribution in [-0.4, -0.2) is 30.2 Å². The standard InChI is InChI=1S/C15H22N2O4/c1-2-3-11-21-13-8-6-12(7-9-13)15(19)16-10-4-5-14(18)17-20/h6-9,20H,2-5,10-11H2,1H3,(H,16,19)(H,17,18). The summed E-state index contributed by atoms with van der Waals surface area (Å²) in [7, 11) is 0. The molecule has 0 aromatic heterocycles. The second-order valence-corrected chi connectivity index (χ2v) is 4.62. The molecule has 0 aliphatic rings. The Morgan fingerprint density at radius 3 is 2.52 bits per heavy atom. The van der Waals surface area contributed by atoms with Gasteiger partial charge in [-0.3, -0.25) is 14.8 Å². The minimum absolute atomic E-state index is 0.168. The molecule has 2 amide bonds. The maximum Gasteiger partial charge on any atom is 0.251 e. The van der Waals surface area contributed by atoms with Gasteiger partial charge in [0.2, 0.25) is 5.91 Å². The molecular weight excluding hydrogens is 272 g/mol. The summed E-state index contributed by atoms with van der Waals surface area (Å²) < 4.78 is 5.52. The van der Waals surface area contributed by atoms with Crippen molar-refractivity contribution in [3.05, 3.63) is 29.8 Å². The van der Waals surface area contributed by atoms with Gasteiger partial charge in [-0.15, -0.1) is 0 Å². The summed E-state index contributed by atoms with van der Waals surface area (Å²) in [4.78, 5) is 22.6. The van der Waals surface area contributed by atoms with Crippen molar-refractivity contribution in [2.45, 2.75) is 32.6 Å². The summed E-state index contributed by atoms with van der Waals surface area (Å²) in [5.74, 6) is 0.0944. The Balaban J connectivity index is 2.32. The highest BCUT2D eigenvalue weighted by Gasteiger charge is 2.05. The fourth-order valence-electron chi connectivity index (χ4n) is 1.65. The van der Waals surface area contributed by atoms with Gasteiger partial charge in [-0.25, -0.2) is 5.48 Å². The molecule has 0 spiro atoms. The van der Waals surface area contributed by atoms with Crippen molar-refractivity contribution in [2.75, 3.05) is 13.2 Å². The second-order valence-electron chi connectivity index (χ2n) is 4.62. The zero-order valence-corrected chi connectivity index (χ0v) is 12.2. The summed E-state index contributed by atoms with van der Waals surface area (Å²) in [5.41, 5.74) is 2.09. The van der Waals surface area contributed by atoms with E-state index in [0.717, 1.165) is 18.6 Å². The van der Waals surface area contributed by atoms with Crippen LogP contribution in [0.25, 0.3) is 0 Å². The molecule has 0 saturated heterocycles. The Morgan fingerprint density at radius 2 is 1.90 bits per heavy atom. The van der Waals surface area contributed by atoms with E-state index in [4.69, 9.17) is 9.94 Å². The molecular formula is C15H22N2O4. The fraction of sp³-hybridized carbons (Fsp3) is 0.467. The van der Waals surface area contributed by atoms with Crippen molar-refractivity contribution in [3.63, 3.8) is 0 Å². The van der Waals surface area contributed by atoms with Gasteiger partial charge in [-0.05, 0) is 37.1 Å². The first-order valence-electron chi connectivity index (χ1n) is 7.11. The quantitative estimate of drug-likeness (QED) is 0.369. The highest BCUT2D eigenvalue weighted by molar-refractivity contribution is 5.94. The Labute approximate surface area is 124 Å². The van der Waals surface area contributed by atoms with Gasteiger partial charge in [-0.2, -0.15) is 0 Å². The lowest BCUT2D eigenvalue weighted by molar-refractivity contribution is -0.129. The van der Waals surface area contributed by atoms with Crippen molar-refractivity contribution in [3.8, 4) is 5.75 Å². The van der Waals surface area contributed by atoms with Gasteiger partial charge < -0.3 is 10.1 Å². The molecule has 0 heterocycles. The van der Waals surface area contributed by atoms with Crippen LogP contribution in [0.4, 0.5) is 0 Å². The largest absolute Gasteiger partial charge is 0.494 e. The van der Waals surface area contributed by atoms with Crippen LogP contribution in [0.1, 0.15) is 43.0 Å². The molecule has 21 heavy (non-hydrogen) atoms. The highest BCUT2D eigenvalue weighted by Crippen LogP contribution is 2.12. The van der Waals surface area contributed by atoms with Gasteiger partial charge in [0.25, 0.3) is 5.91 Å². The summed E-state index contributed by atoms with van der Waals surface area (Å²) in [6.07, 6.45) is 2.72. The van der Waals surface area contributed by atoms with E-state index >= 15 is 0 Å². The zero-order chi connectivity index (χ0) is 15.5. The average Bonchev–Trinajstić information content (AvgIpc) is 2.52. The van der Waals surface area contributed by atoms with Gasteiger partial charge in [0.05, 0.1) is 6.61 Å². The Kier molecular flexibility index (Phi) is 7.89. The highest BCUT2D eigenvalue weighted by atomic mass is 16.5. The third-order valence-electron chi connectivity index (χ3n) is 2.87.